The first kappa shape index (κ1) is 24.6. The Bertz CT molecular complexity index is 1010. The zero-order chi connectivity index (χ0) is 23.5. The van der Waals surface area contributed by atoms with Gasteiger partial charge in [-0.05, 0) is 74.8 Å². The molecule has 0 aliphatic heterocycles. The van der Waals surface area contributed by atoms with Gasteiger partial charge in [0.05, 0.1) is 26.6 Å². The molecule has 0 heterocycles. The van der Waals surface area contributed by atoms with Gasteiger partial charge in [0, 0.05) is 11.6 Å². The molecule has 0 radical (unpaired) electrons. The first-order chi connectivity index (χ1) is 15.0. The fourth-order valence-electron chi connectivity index (χ4n) is 4.49. The highest BCUT2D eigenvalue weighted by Gasteiger charge is 2.38. The van der Waals surface area contributed by atoms with Gasteiger partial charge in [-0.15, -0.1) is 0 Å². The molecule has 2 aromatic carbocycles. The molecule has 3 atom stereocenters. The molecule has 7 heteroatoms. The van der Waals surface area contributed by atoms with Crippen molar-refractivity contribution >= 4 is 10.1 Å². The van der Waals surface area contributed by atoms with Crippen molar-refractivity contribution in [2.75, 3.05) is 20.5 Å². The van der Waals surface area contributed by atoms with Crippen LogP contribution in [-0.2, 0) is 20.7 Å². The van der Waals surface area contributed by atoms with Gasteiger partial charge in [0.25, 0.3) is 10.1 Å². The second kappa shape index (κ2) is 9.81. The highest BCUT2D eigenvalue weighted by atomic mass is 32.2. The molecule has 3 rings (SSSR count). The molecule has 6 nitrogen and oxygen atoms in total. The van der Waals surface area contributed by atoms with E-state index in [9.17, 15) is 8.42 Å². The van der Waals surface area contributed by atoms with Crippen molar-refractivity contribution in [1.29, 1.82) is 0 Å². The van der Waals surface area contributed by atoms with Crippen LogP contribution in [0.4, 0.5) is 0 Å². The molecule has 0 unspecified atom stereocenters. The van der Waals surface area contributed by atoms with Crippen LogP contribution in [0.2, 0.25) is 0 Å². The number of nitrogens with one attached hydrogen (secondary N) is 1. The lowest BCUT2D eigenvalue weighted by atomic mass is 9.95. The summed E-state index contributed by atoms with van der Waals surface area (Å²) in [6.45, 7) is 6.26. The summed E-state index contributed by atoms with van der Waals surface area (Å²) in [4.78, 5) is 0. The van der Waals surface area contributed by atoms with Gasteiger partial charge in [-0.25, -0.2) is 0 Å². The van der Waals surface area contributed by atoms with Crippen molar-refractivity contribution in [3.05, 3.63) is 48.0 Å². The van der Waals surface area contributed by atoms with Crippen molar-refractivity contribution in [2.45, 2.75) is 57.7 Å². The maximum atomic E-state index is 11.8. The summed E-state index contributed by atoms with van der Waals surface area (Å²) in [6, 6.07) is 14.4. The van der Waals surface area contributed by atoms with Gasteiger partial charge >= 0.3 is 0 Å². The van der Waals surface area contributed by atoms with E-state index in [1.807, 2.05) is 18.2 Å². The number of ether oxygens (including phenoxy) is 2. The van der Waals surface area contributed by atoms with E-state index in [4.69, 9.17) is 13.7 Å². The van der Waals surface area contributed by atoms with Gasteiger partial charge in [0.15, 0.2) is 11.5 Å². The SMILES string of the molecule is COc1ccc(-c2ccc(C[C@@H]3C[C@@H](NC(C)(C)C)[C@H](OS(C)(=O)=O)C3)cc2)cc1OC. The number of rotatable bonds is 8. The lowest BCUT2D eigenvalue weighted by Gasteiger charge is -2.29. The molecule has 0 amide bonds. The normalized spacial score (nSPS) is 21.5. The van der Waals surface area contributed by atoms with Crippen LogP contribution < -0.4 is 14.8 Å². The zero-order valence-corrected chi connectivity index (χ0v) is 20.7. The lowest BCUT2D eigenvalue weighted by Crippen LogP contribution is -2.48. The molecule has 0 aromatic heterocycles. The topological polar surface area (TPSA) is 73.9 Å². The summed E-state index contributed by atoms with van der Waals surface area (Å²) >= 11 is 0. The number of benzene rings is 2. The van der Waals surface area contributed by atoms with E-state index >= 15 is 0 Å². The monoisotopic (exact) mass is 461 g/mol. The van der Waals surface area contributed by atoms with Crippen LogP contribution in [0.5, 0.6) is 11.5 Å². The first-order valence-corrected chi connectivity index (χ1v) is 12.8. The molecule has 0 spiro atoms. The smallest absolute Gasteiger partial charge is 0.264 e. The fourth-order valence-corrected chi connectivity index (χ4v) is 5.15. The maximum Gasteiger partial charge on any atom is 0.264 e. The van der Waals surface area contributed by atoms with Gasteiger partial charge in [-0.1, -0.05) is 30.3 Å². The second-order valence-corrected chi connectivity index (χ2v) is 11.2. The van der Waals surface area contributed by atoms with E-state index in [1.165, 1.54) is 5.56 Å². The van der Waals surface area contributed by atoms with E-state index in [-0.39, 0.29) is 17.7 Å². The molecule has 0 bridgehead atoms. The molecular formula is C25H35NO5S. The average Bonchev–Trinajstić information content (AvgIpc) is 3.05. The van der Waals surface area contributed by atoms with Gasteiger partial charge in [0.2, 0.25) is 0 Å². The number of hydrogen-bond acceptors (Lipinski definition) is 6. The van der Waals surface area contributed by atoms with Gasteiger partial charge in [0.1, 0.15) is 0 Å². The quantitative estimate of drug-likeness (QED) is 0.587. The summed E-state index contributed by atoms with van der Waals surface area (Å²) in [5.74, 6) is 1.77. The molecule has 1 N–H and O–H groups in total. The number of methoxy groups -OCH3 is 2. The molecule has 1 saturated carbocycles. The zero-order valence-electron chi connectivity index (χ0n) is 19.8. The third-order valence-electron chi connectivity index (χ3n) is 5.71. The van der Waals surface area contributed by atoms with E-state index in [2.05, 4.69) is 50.4 Å². The second-order valence-electron chi connectivity index (χ2n) is 9.65. The molecular weight excluding hydrogens is 426 g/mol. The average molecular weight is 462 g/mol. The van der Waals surface area contributed by atoms with E-state index in [0.717, 1.165) is 36.6 Å². The van der Waals surface area contributed by atoms with Gasteiger partial charge < -0.3 is 14.8 Å². The van der Waals surface area contributed by atoms with Crippen LogP contribution in [0.25, 0.3) is 11.1 Å². The Balaban J connectivity index is 1.71. The first-order valence-electron chi connectivity index (χ1n) is 10.9. The van der Waals surface area contributed by atoms with Crippen LogP contribution in [0.1, 0.15) is 39.2 Å². The fraction of sp³-hybridized carbons (Fsp3) is 0.520. The predicted molar refractivity (Wildman–Crippen MR) is 128 cm³/mol. The van der Waals surface area contributed by atoms with Crippen LogP contribution in [0.3, 0.4) is 0 Å². The van der Waals surface area contributed by atoms with Crippen molar-refractivity contribution in [1.82, 2.24) is 5.32 Å². The summed E-state index contributed by atoms with van der Waals surface area (Å²) in [5, 5.41) is 3.55. The summed E-state index contributed by atoms with van der Waals surface area (Å²) in [7, 11) is -0.237. The van der Waals surface area contributed by atoms with Crippen LogP contribution in [-0.4, -0.2) is 46.6 Å². The molecule has 32 heavy (non-hydrogen) atoms. The lowest BCUT2D eigenvalue weighted by molar-refractivity contribution is 0.165. The largest absolute Gasteiger partial charge is 0.493 e. The molecule has 1 aliphatic carbocycles. The van der Waals surface area contributed by atoms with Gasteiger partial charge in [-0.2, -0.15) is 8.42 Å². The van der Waals surface area contributed by atoms with Crippen molar-refractivity contribution in [3.8, 4) is 22.6 Å². The Labute approximate surface area is 192 Å². The molecule has 0 saturated heterocycles. The highest BCUT2D eigenvalue weighted by molar-refractivity contribution is 7.86. The van der Waals surface area contributed by atoms with Crippen LogP contribution in [0, 0.1) is 5.92 Å². The summed E-state index contributed by atoms with van der Waals surface area (Å²) in [6.07, 6.45) is 3.28. The standard InChI is InChI=1S/C25H35NO5S/c1-25(2,3)26-21-14-18(15-23(21)31-32(6,27)28)13-17-7-9-19(10-8-17)20-11-12-22(29-4)24(16-20)30-5/h7-12,16,18,21,23,26H,13-15H2,1-6H3/t18-,21-,23-/m1/s1. The maximum absolute atomic E-state index is 11.8. The molecule has 1 aliphatic rings. The van der Waals surface area contributed by atoms with E-state index in [1.54, 1.807) is 14.2 Å². The van der Waals surface area contributed by atoms with E-state index in [0.29, 0.717) is 17.4 Å². The predicted octanol–water partition coefficient (Wildman–Crippen LogP) is 4.42. The van der Waals surface area contributed by atoms with Crippen molar-refractivity contribution in [2.24, 2.45) is 5.92 Å². The Kier molecular flexibility index (Phi) is 7.53. The van der Waals surface area contributed by atoms with E-state index < -0.39 is 10.1 Å². The Morgan fingerprint density at radius 2 is 1.56 bits per heavy atom. The Morgan fingerprint density at radius 3 is 2.12 bits per heavy atom. The minimum absolute atomic E-state index is 0.0146. The van der Waals surface area contributed by atoms with Crippen molar-refractivity contribution < 1.29 is 22.1 Å². The Hall–Kier alpha value is -2.09. The molecule has 1 fully saturated rings. The van der Waals surface area contributed by atoms with Gasteiger partial charge in [-0.3, -0.25) is 4.18 Å². The Morgan fingerprint density at radius 1 is 0.938 bits per heavy atom. The third kappa shape index (κ3) is 6.70. The van der Waals surface area contributed by atoms with Crippen molar-refractivity contribution in [3.63, 3.8) is 0 Å². The van der Waals surface area contributed by atoms with Crippen LogP contribution >= 0.6 is 0 Å². The minimum atomic E-state index is -3.50. The minimum Gasteiger partial charge on any atom is -0.493 e. The summed E-state index contributed by atoms with van der Waals surface area (Å²) < 4.78 is 39.7. The number of hydrogen-bond donors (Lipinski definition) is 1. The molecule has 2 aromatic rings. The molecule has 176 valence electrons. The summed E-state index contributed by atoms with van der Waals surface area (Å²) in [5.41, 5.74) is 3.28. The highest BCUT2D eigenvalue weighted by Crippen LogP contribution is 2.35. The van der Waals surface area contributed by atoms with Crippen LogP contribution in [0.15, 0.2) is 42.5 Å². The third-order valence-corrected chi connectivity index (χ3v) is 6.31.